The van der Waals surface area contributed by atoms with Gasteiger partial charge in [-0.25, -0.2) is 0 Å². The second-order valence-corrected chi connectivity index (χ2v) is 10.7. The van der Waals surface area contributed by atoms with E-state index in [-0.39, 0.29) is 11.0 Å². The second kappa shape index (κ2) is 10.4. The number of anilines is 1. The van der Waals surface area contributed by atoms with Gasteiger partial charge >= 0.3 is 0 Å². The van der Waals surface area contributed by atoms with Crippen molar-refractivity contribution >= 4 is 97.1 Å². The quantitative estimate of drug-likeness (QED) is 0.248. The number of hydrogen-bond donors (Lipinski definition) is 3. The number of amides is 2. The average molecular weight is 541 g/mol. The van der Waals surface area contributed by atoms with Crippen LogP contribution >= 0.6 is 58.4 Å². The predicted molar refractivity (Wildman–Crippen MR) is 144 cm³/mol. The van der Waals surface area contributed by atoms with Crippen LogP contribution in [0.1, 0.15) is 36.0 Å². The number of benzene rings is 2. The lowest BCUT2D eigenvalue weighted by atomic mass is 10.1. The molecule has 0 aliphatic carbocycles. The maximum Gasteiger partial charge on any atom is 0.263 e. The SMILES string of the molecule is CC(C)(C)NC(=O)c1sc2c(NC(=S)NC(=O)/C=C/c3ccc(Cl)cc3Cl)cccc2c1Cl. The summed E-state index contributed by atoms with van der Waals surface area (Å²) >= 11 is 25.0. The number of nitrogens with one attached hydrogen (secondary N) is 3. The third-order valence-electron chi connectivity index (χ3n) is 4.21. The van der Waals surface area contributed by atoms with Gasteiger partial charge in [0.05, 0.1) is 15.4 Å². The van der Waals surface area contributed by atoms with Crippen LogP contribution in [-0.2, 0) is 4.79 Å². The van der Waals surface area contributed by atoms with Crippen molar-refractivity contribution < 1.29 is 9.59 Å². The highest BCUT2D eigenvalue weighted by Crippen LogP contribution is 2.39. The van der Waals surface area contributed by atoms with Gasteiger partial charge in [0, 0.05) is 27.0 Å². The smallest absolute Gasteiger partial charge is 0.263 e. The number of thiocarbonyl (C=S) groups is 1. The average Bonchev–Trinajstić information content (AvgIpc) is 3.04. The van der Waals surface area contributed by atoms with Gasteiger partial charge in [0.15, 0.2) is 5.11 Å². The minimum absolute atomic E-state index is 0.101. The molecule has 172 valence electrons. The molecule has 10 heteroatoms. The molecule has 3 N–H and O–H groups in total. The van der Waals surface area contributed by atoms with Crippen LogP contribution in [0.15, 0.2) is 42.5 Å². The zero-order chi connectivity index (χ0) is 24.3. The highest BCUT2D eigenvalue weighted by atomic mass is 35.5. The number of carbonyl (C=O) groups excluding carboxylic acids is 2. The number of rotatable bonds is 4. The van der Waals surface area contributed by atoms with Gasteiger partial charge in [-0.2, -0.15) is 0 Å². The van der Waals surface area contributed by atoms with E-state index in [4.69, 9.17) is 47.0 Å². The van der Waals surface area contributed by atoms with Crippen LogP contribution in [0, 0.1) is 0 Å². The Bertz CT molecular complexity index is 1280. The Hall–Kier alpha value is -2.16. The number of thiophene rings is 1. The summed E-state index contributed by atoms with van der Waals surface area (Å²) in [5, 5.41) is 10.6. The molecule has 0 unspecified atom stereocenters. The van der Waals surface area contributed by atoms with E-state index < -0.39 is 11.4 Å². The van der Waals surface area contributed by atoms with Crippen molar-refractivity contribution in [3.8, 4) is 0 Å². The Kier molecular flexibility index (Phi) is 8.03. The molecule has 0 saturated heterocycles. The fourth-order valence-corrected chi connectivity index (χ4v) is 4.99. The van der Waals surface area contributed by atoms with E-state index in [0.717, 1.165) is 10.1 Å². The molecule has 3 aromatic rings. The van der Waals surface area contributed by atoms with Gasteiger partial charge in [-0.05, 0) is 62.8 Å². The molecule has 0 radical (unpaired) electrons. The molecule has 2 amide bonds. The van der Waals surface area contributed by atoms with Crippen LogP contribution in [-0.4, -0.2) is 22.5 Å². The largest absolute Gasteiger partial charge is 0.347 e. The van der Waals surface area contributed by atoms with Gasteiger partial charge in [-0.15, -0.1) is 11.3 Å². The molecule has 0 bridgehead atoms. The summed E-state index contributed by atoms with van der Waals surface area (Å²) in [6.07, 6.45) is 2.89. The summed E-state index contributed by atoms with van der Waals surface area (Å²) in [6.45, 7) is 5.70. The normalized spacial score (nSPS) is 11.6. The second-order valence-electron chi connectivity index (χ2n) is 8.07. The molecule has 0 saturated carbocycles. The Morgan fingerprint density at radius 3 is 2.48 bits per heavy atom. The zero-order valence-corrected chi connectivity index (χ0v) is 21.8. The Labute approximate surface area is 216 Å². The summed E-state index contributed by atoms with van der Waals surface area (Å²) in [6, 6.07) is 10.4. The van der Waals surface area contributed by atoms with Crippen LogP contribution in [0.3, 0.4) is 0 Å². The van der Waals surface area contributed by atoms with Crippen LogP contribution in [0.25, 0.3) is 16.2 Å². The van der Waals surface area contributed by atoms with Crippen LogP contribution in [0.5, 0.6) is 0 Å². The number of halogens is 3. The lowest BCUT2D eigenvalue weighted by Crippen LogP contribution is -2.40. The molecule has 3 rings (SSSR count). The molecular formula is C23H20Cl3N3O2S2. The third kappa shape index (κ3) is 6.68. The number of fused-ring (bicyclic) bond motifs is 1. The highest BCUT2D eigenvalue weighted by Gasteiger charge is 2.22. The lowest BCUT2D eigenvalue weighted by Gasteiger charge is -2.19. The first kappa shape index (κ1) is 25.5. The van der Waals surface area contributed by atoms with Crippen LogP contribution in [0.2, 0.25) is 15.1 Å². The maximum absolute atomic E-state index is 12.6. The predicted octanol–water partition coefficient (Wildman–Crippen LogP) is 6.92. The molecule has 0 atom stereocenters. The minimum atomic E-state index is -0.430. The molecule has 33 heavy (non-hydrogen) atoms. The Balaban J connectivity index is 1.74. The van der Waals surface area contributed by atoms with Gasteiger partial charge in [0.25, 0.3) is 5.91 Å². The van der Waals surface area contributed by atoms with Gasteiger partial charge in [0.2, 0.25) is 5.91 Å². The lowest BCUT2D eigenvalue weighted by molar-refractivity contribution is -0.115. The van der Waals surface area contributed by atoms with Crippen molar-refractivity contribution in [2.75, 3.05) is 5.32 Å². The van der Waals surface area contributed by atoms with E-state index in [0.29, 0.717) is 31.2 Å². The van der Waals surface area contributed by atoms with E-state index in [1.165, 1.54) is 17.4 Å². The number of hydrogen-bond acceptors (Lipinski definition) is 4. The van der Waals surface area contributed by atoms with E-state index in [2.05, 4.69) is 16.0 Å². The molecule has 2 aromatic carbocycles. The van der Waals surface area contributed by atoms with Crippen molar-refractivity contribution in [3.05, 3.63) is 68.0 Å². The maximum atomic E-state index is 12.6. The number of carbonyl (C=O) groups is 2. The summed E-state index contributed by atoms with van der Waals surface area (Å²) < 4.78 is 0.752. The van der Waals surface area contributed by atoms with Crippen LogP contribution in [0.4, 0.5) is 5.69 Å². The Morgan fingerprint density at radius 1 is 1.09 bits per heavy atom. The first-order valence-corrected chi connectivity index (χ1v) is 12.1. The first-order chi connectivity index (χ1) is 15.4. The summed E-state index contributed by atoms with van der Waals surface area (Å²) in [4.78, 5) is 25.3. The van der Waals surface area contributed by atoms with Crippen molar-refractivity contribution in [1.29, 1.82) is 0 Å². The summed E-state index contributed by atoms with van der Waals surface area (Å²) in [5.74, 6) is -0.679. The van der Waals surface area contributed by atoms with E-state index >= 15 is 0 Å². The van der Waals surface area contributed by atoms with E-state index in [1.54, 1.807) is 36.4 Å². The summed E-state index contributed by atoms with van der Waals surface area (Å²) in [5.41, 5.74) is 0.881. The fraction of sp³-hybridized carbons (Fsp3) is 0.174. The molecule has 5 nitrogen and oxygen atoms in total. The van der Waals surface area contributed by atoms with Crippen LogP contribution < -0.4 is 16.0 Å². The first-order valence-electron chi connectivity index (χ1n) is 9.73. The molecule has 1 aromatic heterocycles. The monoisotopic (exact) mass is 539 g/mol. The molecule has 1 heterocycles. The van der Waals surface area contributed by atoms with E-state index in [9.17, 15) is 9.59 Å². The zero-order valence-electron chi connectivity index (χ0n) is 17.9. The van der Waals surface area contributed by atoms with Gasteiger partial charge in [0.1, 0.15) is 4.88 Å². The third-order valence-corrected chi connectivity index (χ3v) is 6.72. The highest BCUT2D eigenvalue weighted by molar-refractivity contribution is 7.80. The molecule has 0 aliphatic rings. The van der Waals surface area contributed by atoms with Crippen molar-refractivity contribution in [3.63, 3.8) is 0 Å². The van der Waals surface area contributed by atoms with Crippen molar-refractivity contribution in [2.24, 2.45) is 0 Å². The minimum Gasteiger partial charge on any atom is -0.347 e. The molecular weight excluding hydrogens is 521 g/mol. The molecule has 0 fully saturated rings. The molecule has 0 aliphatic heterocycles. The van der Waals surface area contributed by atoms with Gasteiger partial charge in [-0.3, -0.25) is 14.9 Å². The van der Waals surface area contributed by atoms with Crippen molar-refractivity contribution in [2.45, 2.75) is 26.3 Å². The molecule has 0 spiro atoms. The van der Waals surface area contributed by atoms with E-state index in [1.807, 2.05) is 26.8 Å². The topological polar surface area (TPSA) is 70.2 Å². The van der Waals surface area contributed by atoms with Gasteiger partial charge < -0.3 is 10.6 Å². The van der Waals surface area contributed by atoms with Crippen molar-refractivity contribution in [1.82, 2.24) is 10.6 Å². The summed E-state index contributed by atoms with van der Waals surface area (Å²) in [7, 11) is 0. The van der Waals surface area contributed by atoms with Gasteiger partial charge in [-0.1, -0.05) is 53.0 Å². The fourth-order valence-electron chi connectivity index (χ4n) is 2.84. The Morgan fingerprint density at radius 2 is 1.82 bits per heavy atom. The standard InChI is InChI=1S/C23H20Cl3N3O2S2/c1-23(2,3)29-21(31)20-18(26)14-5-4-6-16(19(14)33-20)27-22(32)28-17(30)10-8-12-7-9-13(24)11-15(12)25/h4-11H,1-3H3,(H,29,31)(H2,27,28,30,32)/b10-8+.